The Labute approximate surface area is 180 Å². The number of amides is 1. The van der Waals surface area contributed by atoms with Crippen molar-refractivity contribution in [2.45, 2.75) is 6.04 Å². The Morgan fingerprint density at radius 3 is 2.50 bits per heavy atom. The third kappa shape index (κ3) is 3.20. The van der Waals surface area contributed by atoms with Gasteiger partial charge in [0.05, 0.1) is 22.4 Å². The summed E-state index contributed by atoms with van der Waals surface area (Å²) in [5, 5.41) is 3.90. The first-order chi connectivity index (χ1) is 14.5. The van der Waals surface area contributed by atoms with E-state index in [-0.39, 0.29) is 11.6 Å². The Morgan fingerprint density at radius 2 is 1.67 bits per heavy atom. The van der Waals surface area contributed by atoms with Gasteiger partial charge in [0.2, 0.25) is 0 Å². The summed E-state index contributed by atoms with van der Waals surface area (Å²) in [6.45, 7) is 0. The second-order valence-electron chi connectivity index (χ2n) is 6.92. The van der Waals surface area contributed by atoms with E-state index in [1.165, 1.54) is 0 Å². The number of rotatable bonds is 2. The van der Waals surface area contributed by atoms with Crippen LogP contribution in [0.3, 0.4) is 0 Å². The Morgan fingerprint density at radius 1 is 0.867 bits per heavy atom. The lowest BCUT2D eigenvalue weighted by atomic mass is 10.00. The van der Waals surface area contributed by atoms with Crippen LogP contribution < -0.4 is 11.0 Å². The van der Waals surface area contributed by atoms with E-state index in [2.05, 4.69) is 15.3 Å². The minimum absolute atomic E-state index is 0.292. The van der Waals surface area contributed by atoms with Crippen molar-refractivity contribution in [3.63, 3.8) is 0 Å². The Bertz CT molecular complexity index is 1400. The second-order valence-corrected chi connectivity index (χ2v) is 7.76. The summed E-state index contributed by atoms with van der Waals surface area (Å²) in [6, 6.07) is 16.9. The van der Waals surface area contributed by atoms with Gasteiger partial charge >= 0.3 is 5.69 Å². The van der Waals surface area contributed by atoms with E-state index in [4.69, 9.17) is 28.2 Å². The van der Waals surface area contributed by atoms with Crippen LogP contribution in [0.1, 0.15) is 22.7 Å². The van der Waals surface area contributed by atoms with E-state index in [0.717, 1.165) is 5.56 Å². The van der Waals surface area contributed by atoms with Gasteiger partial charge in [0.15, 0.2) is 6.04 Å². The molecule has 0 aliphatic carbocycles. The van der Waals surface area contributed by atoms with E-state index in [9.17, 15) is 9.59 Å². The van der Waals surface area contributed by atoms with E-state index < -0.39 is 6.04 Å². The van der Waals surface area contributed by atoms with E-state index >= 15 is 0 Å². The lowest BCUT2D eigenvalue weighted by molar-refractivity contribution is -0.117. The van der Waals surface area contributed by atoms with Crippen molar-refractivity contribution in [1.29, 1.82) is 0 Å². The van der Waals surface area contributed by atoms with Gasteiger partial charge in [0, 0.05) is 26.7 Å². The van der Waals surface area contributed by atoms with Crippen LogP contribution in [0.15, 0.2) is 70.5 Å². The van der Waals surface area contributed by atoms with Crippen molar-refractivity contribution in [3.8, 4) is 0 Å². The minimum atomic E-state index is -0.846. The number of carbonyl (C=O) groups is 1. The highest BCUT2D eigenvalue weighted by Gasteiger charge is 2.28. The number of fused-ring (bicyclic) bond motifs is 2. The molecule has 0 spiro atoms. The van der Waals surface area contributed by atoms with Crippen LogP contribution in [0, 0.1) is 0 Å². The lowest BCUT2D eigenvalue weighted by Crippen LogP contribution is -2.19. The van der Waals surface area contributed by atoms with E-state index in [1.54, 1.807) is 42.5 Å². The number of carbonyl (C=O) groups excluding carboxylic acids is 1. The fraction of sp³-hybridized carbons (Fsp3) is 0.0455. The molecule has 4 aromatic rings. The number of anilines is 1. The summed E-state index contributed by atoms with van der Waals surface area (Å²) in [4.78, 5) is 35.0. The average molecular weight is 437 g/mol. The normalized spacial score (nSPS) is 16.0. The molecule has 0 saturated carbocycles. The zero-order chi connectivity index (χ0) is 20.8. The molecule has 1 aliphatic rings. The summed E-state index contributed by atoms with van der Waals surface area (Å²) < 4.78 is 0. The van der Waals surface area contributed by atoms with Crippen LogP contribution in [0.4, 0.5) is 5.69 Å². The summed E-state index contributed by atoms with van der Waals surface area (Å²) in [7, 11) is 0. The van der Waals surface area contributed by atoms with Gasteiger partial charge in [-0.3, -0.25) is 9.79 Å². The Hall–Kier alpha value is -3.35. The molecule has 30 heavy (non-hydrogen) atoms. The maximum Gasteiger partial charge on any atom is 0.323 e. The smallest absolute Gasteiger partial charge is 0.323 e. The molecular weight excluding hydrogens is 423 g/mol. The number of benzodiazepines with no additional fused rings is 1. The summed E-state index contributed by atoms with van der Waals surface area (Å²) in [5.41, 5.74) is 4.21. The molecule has 3 aromatic carbocycles. The SMILES string of the molecule is O=C1Nc2ccc(Cl)cc2C(c2ccc3[nH]c(=O)[nH]c3c2)=NC1c1ccccc1Cl. The number of hydrogen-bond acceptors (Lipinski definition) is 3. The standard InChI is InChI=1S/C22H14Cl2N4O2/c23-12-6-8-16-14(10-12)19(11-5-7-17-18(9-11)27-22(30)26-17)28-20(21(29)25-16)13-3-1-2-4-15(13)24/h1-10,20H,(H,25,29)(H2,26,27,30). The molecule has 1 aliphatic heterocycles. The second kappa shape index (κ2) is 7.16. The molecule has 1 amide bonds. The van der Waals surface area contributed by atoms with Gasteiger partial charge in [-0.05, 0) is 36.4 Å². The monoisotopic (exact) mass is 436 g/mol. The zero-order valence-electron chi connectivity index (χ0n) is 15.4. The number of nitrogens with zero attached hydrogens (tertiary/aromatic N) is 1. The van der Waals surface area contributed by atoms with E-state index in [1.807, 2.05) is 18.2 Å². The highest BCUT2D eigenvalue weighted by molar-refractivity contribution is 6.32. The Kier molecular flexibility index (Phi) is 4.46. The van der Waals surface area contributed by atoms with Crippen LogP contribution in [0.2, 0.25) is 10.0 Å². The molecule has 2 heterocycles. The first-order valence-electron chi connectivity index (χ1n) is 9.15. The van der Waals surface area contributed by atoms with Crippen LogP contribution in [0.5, 0.6) is 0 Å². The summed E-state index contributed by atoms with van der Waals surface area (Å²) in [5.74, 6) is -0.294. The topological polar surface area (TPSA) is 90.1 Å². The molecule has 1 atom stereocenters. The number of aromatic nitrogens is 2. The van der Waals surface area contributed by atoms with Crippen LogP contribution in [-0.4, -0.2) is 21.6 Å². The number of benzene rings is 3. The number of imidazole rings is 1. The quantitative estimate of drug-likeness (QED) is 0.425. The first kappa shape index (κ1) is 18.7. The number of halogens is 2. The van der Waals surface area contributed by atoms with Gasteiger partial charge in [0.25, 0.3) is 5.91 Å². The van der Waals surface area contributed by atoms with Crippen molar-refractivity contribution in [2.24, 2.45) is 4.99 Å². The molecule has 5 rings (SSSR count). The van der Waals surface area contributed by atoms with Gasteiger partial charge in [-0.25, -0.2) is 4.79 Å². The summed E-state index contributed by atoms with van der Waals surface area (Å²) >= 11 is 12.6. The van der Waals surface area contributed by atoms with Crippen molar-refractivity contribution in [1.82, 2.24) is 9.97 Å². The lowest BCUT2D eigenvalue weighted by Gasteiger charge is -2.13. The van der Waals surface area contributed by atoms with E-state index in [0.29, 0.717) is 43.6 Å². The maximum atomic E-state index is 13.0. The van der Waals surface area contributed by atoms with Gasteiger partial charge in [-0.1, -0.05) is 47.5 Å². The predicted molar refractivity (Wildman–Crippen MR) is 119 cm³/mol. The third-order valence-corrected chi connectivity index (χ3v) is 5.57. The van der Waals surface area contributed by atoms with Crippen molar-refractivity contribution in [3.05, 3.63) is 97.9 Å². The van der Waals surface area contributed by atoms with Crippen LogP contribution >= 0.6 is 23.2 Å². The molecular formula is C22H14Cl2N4O2. The van der Waals surface area contributed by atoms with Gasteiger partial charge in [0.1, 0.15) is 0 Å². The molecule has 3 N–H and O–H groups in total. The van der Waals surface area contributed by atoms with Crippen LogP contribution in [0.25, 0.3) is 11.0 Å². The first-order valence-corrected chi connectivity index (χ1v) is 9.90. The highest BCUT2D eigenvalue weighted by Crippen LogP contribution is 2.34. The molecule has 1 unspecified atom stereocenters. The van der Waals surface area contributed by atoms with Crippen LogP contribution in [-0.2, 0) is 4.79 Å². The number of aromatic amines is 2. The molecule has 0 radical (unpaired) electrons. The molecule has 148 valence electrons. The molecule has 1 aromatic heterocycles. The fourth-order valence-electron chi connectivity index (χ4n) is 3.60. The number of H-pyrrole nitrogens is 2. The number of hydrogen-bond donors (Lipinski definition) is 3. The fourth-order valence-corrected chi connectivity index (χ4v) is 4.01. The number of aliphatic imine (C=N–C) groups is 1. The molecule has 0 fully saturated rings. The summed E-state index contributed by atoms with van der Waals surface area (Å²) in [6.07, 6.45) is 0. The van der Waals surface area contributed by atoms with Gasteiger partial charge in [-0.2, -0.15) is 0 Å². The number of nitrogens with one attached hydrogen (secondary N) is 3. The molecule has 8 heteroatoms. The predicted octanol–water partition coefficient (Wildman–Crippen LogP) is 4.69. The largest absolute Gasteiger partial charge is 0.323 e. The molecule has 6 nitrogen and oxygen atoms in total. The molecule has 0 bridgehead atoms. The minimum Gasteiger partial charge on any atom is -0.323 e. The van der Waals surface area contributed by atoms with Crippen molar-refractivity contribution in [2.75, 3.05) is 5.32 Å². The molecule has 0 saturated heterocycles. The maximum absolute atomic E-state index is 13.0. The van der Waals surface area contributed by atoms with Gasteiger partial charge in [-0.15, -0.1) is 0 Å². The Balaban J connectivity index is 1.77. The third-order valence-electron chi connectivity index (χ3n) is 4.99. The highest BCUT2D eigenvalue weighted by atomic mass is 35.5. The van der Waals surface area contributed by atoms with Gasteiger partial charge < -0.3 is 15.3 Å². The zero-order valence-corrected chi connectivity index (χ0v) is 16.9. The average Bonchev–Trinajstić information content (AvgIpc) is 3.03. The van der Waals surface area contributed by atoms with Crippen molar-refractivity contribution < 1.29 is 4.79 Å². The van der Waals surface area contributed by atoms with Crippen molar-refractivity contribution >= 4 is 51.5 Å².